The second-order valence-electron chi connectivity index (χ2n) is 10.4. The molecule has 3 heterocycles. The molecule has 186 valence electrons. The van der Waals surface area contributed by atoms with Gasteiger partial charge in [0.05, 0.1) is 34.0 Å². The molecule has 0 unspecified atom stereocenters. The van der Waals surface area contributed by atoms with Crippen LogP contribution in [0.25, 0.3) is 76.5 Å². The molecule has 0 saturated carbocycles. The fourth-order valence-corrected chi connectivity index (χ4v) is 6.80. The second kappa shape index (κ2) is 8.05. The van der Waals surface area contributed by atoms with E-state index in [0.717, 1.165) is 5.69 Å². The highest BCUT2D eigenvalue weighted by Gasteiger charge is 2.25. The molecule has 0 atom stereocenters. The summed E-state index contributed by atoms with van der Waals surface area (Å²) in [6, 6.07) is 45.9. The Hall–Kier alpha value is -5.41. The Kier molecular flexibility index (Phi) is 4.33. The normalized spacial score (nSPS) is 12.0. The minimum absolute atomic E-state index is 1.06. The smallest absolute Gasteiger partial charge is 0.0645 e. The molecule has 0 saturated heterocycles. The van der Waals surface area contributed by atoms with Gasteiger partial charge in [-0.15, -0.1) is 0 Å². The molecule has 0 fully saturated rings. The number of pyridine rings is 1. The fraction of sp³-hybridized carbons (Fsp3) is 0. The van der Waals surface area contributed by atoms with E-state index in [1.165, 1.54) is 70.8 Å². The molecule has 0 bridgehead atoms. The predicted molar refractivity (Wildman–Crippen MR) is 168 cm³/mol. The van der Waals surface area contributed by atoms with E-state index in [1.807, 2.05) is 18.5 Å². The maximum atomic E-state index is 4.51. The zero-order valence-electron chi connectivity index (χ0n) is 21.6. The monoisotopic (exact) mass is 509 g/mol. The molecule has 3 heteroatoms. The molecule has 40 heavy (non-hydrogen) atoms. The summed E-state index contributed by atoms with van der Waals surface area (Å²) in [6.45, 7) is 0. The van der Waals surface area contributed by atoms with Crippen LogP contribution in [0.1, 0.15) is 0 Å². The lowest BCUT2D eigenvalue weighted by Gasteiger charge is -2.13. The average molecular weight is 510 g/mol. The molecule has 0 spiro atoms. The van der Waals surface area contributed by atoms with Crippen LogP contribution in [0.3, 0.4) is 0 Å². The third kappa shape index (κ3) is 2.76. The minimum Gasteiger partial charge on any atom is -0.309 e. The topological polar surface area (TPSA) is 22.8 Å². The fourth-order valence-electron chi connectivity index (χ4n) is 6.80. The zero-order chi connectivity index (χ0) is 26.2. The number of fused-ring (bicyclic) bond motifs is 12. The molecular formula is C37H23N3. The van der Waals surface area contributed by atoms with Crippen molar-refractivity contribution in [3.63, 3.8) is 0 Å². The van der Waals surface area contributed by atoms with Gasteiger partial charge in [-0.3, -0.25) is 4.98 Å². The Morgan fingerprint density at radius 3 is 1.80 bits per heavy atom. The number of benzene rings is 6. The predicted octanol–water partition coefficient (Wildman–Crippen LogP) is 9.58. The molecule has 0 aliphatic rings. The summed E-state index contributed by atoms with van der Waals surface area (Å²) >= 11 is 0. The van der Waals surface area contributed by atoms with E-state index in [9.17, 15) is 0 Å². The Balaban J connectivity index is 1.69. The van der Waals surface area contributed by atoms with Crippen LogP contribution in [0.15, 0.2) is 140 Å². The Morgan fingerprint density at radius 2 is 1.02 bits per heavy atom. The van der Waals surface area contributed by atoms with E-state index in [4.69, 9.17) is 0 Å². The van der Waals surface area contributed by atoms with Crippen LogP contribution in [-0.4, -0.2) is 14.1 Å². The van der Waals surface area contributed by atoms with Crippen LogP contribution in [0.5, 0.6) is 0 Å². The second-order valence-corrected chi connectivity index (χ2v) is 10.4. The van der Waals surface area contributed by atoms with Crippen molar-refractivity contribution in [3.05, 3.63) is 140 Å². The van der Waals surface area contributed by atoms with Gasteiger partial charge >= 0.3 is 0 Å². The zero-order valence-corrected chi connectivity index (χ0v) is 21.6. The molecule has 3 aromatic heterocycles. The number of para-hydroxylation sites is 2. The van der Waals surface area contributed by atoms with Gasteiger partial charge in [0.15, 0.2) is 0 Å². The molecule has 0 N–H and O–H groups in total. The van der Waals surface area contributed by atoms with Crippen LogP contribution in [0.4, 0.5) is 0 Å². The molecule has 9 aromatic rings. The lowest BCUT2D eigenvalue weighted by Crippen LogP contribution is -1.96. The number of aromatic nitrogens is 3. The highest BCUT2D eigenvalue weighted by Crippen LogP contribution is 2.48. The Morgan fingerprint density at radius 1 is 0.400 bits per heavy atom. The minimum atomic E-state index is 1.06. The largest absolute Gasteiger partial charge is 0.309 e. The van der Waals surface area contributed by atoms with Gasteiger partial charge in [0.2, 0.25) is 0 Å². The van der Waals surface area contributed by atoms with Crippen LogP contribution in [-0.2, 0) is 0 Å². The maximum absolute atomic E-state index is 4.51. The first kappa shape index (κ1) is 21.5. The lowest BCUT2D eigenvalue weighted by atomic mass is 9.97. The maximum Gasteiger partial charge on any atom is 0.0645 e. The van der Waals surface area contributed by atoms with Gasteiger partial charge < -0.3 is 9.13 Å². The molecule has 0 aliphatic carbocycles. The van der Waals surface area contributed by atoms with Gasteiger partial charge in [-0.2, -0.15) is 0 Å². The van der Waals surface area contributed by atoms with Crippen molar-refractivity contribution < 1.29 is 0 Å². The SMILES string of the molecule is c1ccc(-n2c3ccc4ccccc4c3c3c4c5ccccc5n(-c5cccnc5)c4c4ccccc4c32)cc1. The third-order valence-corrected chi connectivity index (χ3v) is 8.34. The summed E-state index contributed by atoms with van der Waals surface area (Å²) in [6.07, 6.45) is 3.81. The number of rotatable bonds is 2. The highest BCUT2D eigenvalue weighted by molar-refractivity contribution is 6.40. The van der Waals surface area contributed by atoms with Gasteiger partial charge in [0, 0.05) is 44.2 Å². The van der Waals surface area contributed by atoms with Crippen molar-refractivity contribution >= 4 is 65.2 Å². The first-order chi connectivity index (χ1) is 19.9. The van der Waals surface area contributed by atoms with Gasteiger partial charge in [-0.1, -0.05) is 91.0 Å². The Bertz CT molecular complexity index is 2410. The van der Waals surface area contributed by atoms with Gasteiger partial charge in [-0.25, -0.2) is 0 Å². The summed E-state index contributed by atoms with van der Waals surface area (Å²) < 4.78 is 4.87. The van der Waals surface area contributed by atoms with E-state index in [0.29, 0.717) is 0 Å². The molecule has 0 aliphatic heterocycles. The molecule has 0 amide bonds. The van der Waals surface area contributed by atoms with E-state index >= 15 is 0 Å². The van der Waals surface area contributed by atoms with Gasteiger partial charge in [0.1, 0.15) is 0 Å². The van der Waals surface area contributed by atoms with E-state index in [-0.39, 0.29) is 0 Å². The number of nitrogens with zero attached hydrogens (tertiary/aromatic N) is 3. The summed E-state index contributed by atoms with van der Waals surface area (Å²) in [5.41, 5.74) is 7.10. The van der Waals surface area contributed by atoms with Crippen molar-refractivity contribution in [2.24, 2.45) is 0 Å². The van der Waals surface area contributed by atoms with Crippen molar-refractivity contribution in [2.75, 3.05) is 0 Å². The molecule has 0 radical (unpaired) electrons. The summed E-state index contributed by atoms with van der Waals surface area (Å²) in [5.74, 6) is 0. The molecular weight excluding hydrogens is 486 g/mol. The van der Waals surface area contributed by atoms with Crippen LogP contribution < -0.4 is 0 Å². The van der Waals surface area contributed by atoms with E-state index < -0.39 is 0 Å². The first-order valence-corrected chi connectivity index (χ1v) is 13.7. The molecule has 6 aromatic carbocycles. The first-order valence-electron chi connectivity index (χ1n) is 13.7. The van der Waals surface area contributed by atoms with E-state index in [1.54, 1.807) is 0 Å². The van der Waals surface area contributed by atoms with Crippen molar-refractivity contribution in [2.45, 2.75) is 0 Å². The summed E-state index contributed by atoms with van der Waals surface area (Å²) in [7, 11) is 0. The highest BCUT2D eigenvalue weighted by atomic mass is 15.0. The van der Waals surface area contributed by atoms with Gasteiger partial charge in [0.25, 0.3) is 0 Å². The molecule has 3 nitrogen and oxygen atoms in total. The quantitative estimate of drug-likeness (QED) is 0.227. The van der Waals surface area contributed by atoms with Crippen LogP contribution in [0, 0.1) is 0 Å². The van der Waals surface area contributed by atoms with Crippen LogP contribution in [0.2, 0.25) is 0 Å². The van der Waals surface area contributed by atoms with Crippen molar-refractivity contribution in [3.8, 4) is 11.4 Å². The van der Waals surface area contributed by atoms with Crippen molar-refractivity contribution in [1.29, 1.82) is 0 Å². The average Bonchev–Trinajstić information content (AvgIpc) is 3.56. The number of hydrogen-bond donors (Lipinski definition) is 0. The van der Waals surface area contributed by atoms with Gasteiger partial charge in [-0.05, 0) is 47.2 Å². The molecule has 9 rings (SSSR count). The lowest BCUT2D eigenvalue weighted by molar-refractivity contribution is 1.14. The van der Waals surface area contributed by atoms with Crippen molar-refractivity contribution in [1.82, 2.24) is 14.1 Å². The third-order valence-electron chi connectivity index (χ3n) is 8.34. The van der Waals surface area contributed by atoms with E-state index in [2.05, 4.69) is 135 Å². The summed E-state index contributed by atoms with van der Waals surface area (Å²) in [5, 5.41) is 10.1. The number of hydrogen-bond acceptors (Lipinski definition) is 1. The Labute approximate surface area is 230 Å². The van der Waals surface area contributed by atoms with Crippen LogP contribution >= 0.6 is 0 Å². The summed E-state index contributed by atoms with van der Waals surface area (Å²) in [4.78, 5) is 4.51. The standard InChI is InChI=1S/C37H23N3/c1-2-12-25(13-3-1)39-32-21-20-24-11-4-5-15-27(24)33(32)35-34-30-18-8-9-19-31(30)40(26-14-10-22-38-23-26)36(34)28-16-6-7-17-29(28)37(35)39/h1-23H.